The Morgan fingerprint density at radius 2 is 1.65 bits per heavy atom. The highest BCUT2D eigenvalue weighted by Gasteiger charge is 2.39. The van der Waals surface area contributed by atoms with Crippen molar-refractivity contribution in [2.45, 2.75) is 12.4 Å². The number of rotatable bonds is 3. The quantitative estimate of drug-likeness (QED) is 0.522. The van der Waals surface area contributed by atoms with Gasteiger partial charge in [0, 0.05) is 0 Å². The van der Waals surface area contributed by atoms with Crippen LogP contribution in [0, 0.1) is 0 Å². The lowest BCUT2D eigenvalue weighted by atomic mass is 10.0. The van der Waals surface area contributed by atoms with Crippen molar-refractivity contribution in [3.8, 4) is 0 Å². The number of carbonyl (C=O) groups is 2. The van der Waals surface area contributed by atoms with Crippen LogP contribution in [-0.4, -0.2) is 19.0 Å². The van der Waals surface area contributed by atoms with Crippen LogP contribution >= 0.6 is 0 Å². The van der Waals surface area contributed by atoms with Gasteiger partial charge in [-0.05, 0) is 18.2 Å². The van der Waals surface area contributed by atoms with E-state index in [0.717, 1.165) is 7.11 Å². The molecule has 0 aliphatic heterocycles. The Labute approximate surface area is 125 Å². The van der Waals surface area contributed by atoms with Crippen LogP contribution in [0.4, 0.5) is 26.3 Å². The first-order chi connectivity index (χ1) is 10.4. The Morgan fingerprint density at radius 1 is 1.09 bits per heavy atom. The zero-order chi connectivity index (χ0) is 18.0. The summed E-state index contributed by atoms with van der Waals surface area (Å²) in [6.07, 6.45) is -10.2. The number of nitrogens with one attached hydrogen (secondary N) is 1. The van der Waals surface area contributed by atoms with E-state index >= 15 is 0 Å². The van der Waals surface area contributed by atoms with Crippen LogP contribution in [0.15, 0.2) is 30.5 Å². The molecule has 10 heteroatoms. The third kappa shape index (κ3) is 4.47. The average molecular weight is 341 g/mol. The van der Waals surface area contributed by atoms with E-state index in [2.05, 4.69) is 11.3 Å². The predicted octanol–water partition coefficient (Wildman–Crippen LogP) is 3.14. The molecule has 0 aliphatic carbocycles. The van der Waals surface area contributed by atoms with Gasteiger partial charge in [0.05, 0.1) is 23.8 Å². The highest BCUT2D eigenvalue weighted by molar-refractivity contribution is 6.01. The summed E-state index contributed by atoms with van der Waals surface area (Å²) in [5.41, 5.74) is -5.10. The van der Waals surface area contributed by atoms with Crippen molar-refractivity contribution in [3.63, 3.8) is 0 Å². The maximum Gasteiger partial charge on any atom is 0.417 e. The molecule has 0 radical (unpaired) electrons. The first kappa shape index (κ1) is 18.5. The van der Waals surface area contributed by atoms with Gasteiger partial charge in [0.15, 0.2) is 0 Å². The minimum atomic E-state index is -5.21. The van der Waals surface area contributed by atoms with Crippen LogP contribution in [0.2, 0.25) is 0 Å². The van der Waals surface area contributed by atoms with Gasteiger partial charge < -0.3 is 10.1 Å². The van der Waals surface area contributed by atoms with Gasteiger partial charge in [-0.15, -0.1) is 0 Å². The molecular formula is C13H9F6NO3. The van der Waals surface area contributed by atoms with Crippen LogP contribution in [0.3, 0.4) is 0 Å². The van der Waals surface area contributed by atoms with Crippen LogP contribution in [0.25, 0.3) is 0 Å². The molecule has 0 saturated carbocycles. The molecule has 1 amide bonds. The third-order valence-electron chi connectivity index (χ3n) is 2.59. The molecule has 1 N–H and O–H groups in total. The largest absolute Gasteiger partial charge is 0.464 e. The average Bonchev–Trinajstić information content (AvgIpc) is 2.43. The van der Waals surface area contributed by atoms with Gasteiger partial charge in [0.25, 0.3) is 5.91 Å². The zero-order valence-electron chi connectivity index (χ0n) is 11.4. The lowest BCUT2D eigenvalue weighted by Crippen LogP contribution is -2.29. The van der Waals surface area contributed by atoms with Gasteiger partial charge in [-0.1, -0.05) is 6.58 Å². The van der Waals surface area contributed by atoms with E-state index in [1.54, 1.807) is 5.32 Å². The third-order valence-corrected chi connectivity index (χ3v) is 2.59. The lowest BCUT2D eigenvalue weighted by molar-refractivity contribution is -0.143. The summed E-state index contributed by atoms with van der Waals surface area (Å²) in [4.78, 5) is 22.8. The SMILES string of the molecule is C=C(NC(=O)c1ccc(C(F)(F)F)cc1C(F)(F)F)C(=O)OC. The number of hydrogen-bond acceptors (Lipinski definition) is 3. The molecule has 1 aromatic rings. The second-order valence-electron chi connectivity index (χ2n) is 4.18. The maximum absolute atomic E-state index is 12.9. The van der Waals surface area contributed by atoms with Crippen LogP contribution in [-0.2, 0) is 21.9 Å². The van der Waals surface area contributed by atoms with Crippen LogP contribution in [0.1, 0.15) is 21.5 Å². The van der Waals surface area contributed by atoms with Crippen molar-refractivity contribution in [1.82, 2.24) is 5.32 Å². The minimum Gasteiger partial charge on any atom is -0.464 e. The minimum absolute atomic E-state index is 0.185. The van der Waals surface area contributed by atoms with Crippen molar-refractivity contribution >= 4 is 11.9 Å². The fourth-order valence-electron chi connectivity index (χ4n) is 1.53. The number of hydrogen-bond donors (Lipinski definition) is 1. The standard InChI is InChI=1S/C13H9F6NO3/c1-6(11(22)23-2)20-10(21)8-4-3-7(12(14,15)16)5-9(8)13(17,18)19/h3-5H,1H2,2H3,(H,20,21). The summed E-state index contributed by atoms with van der Waals surface area (Å²) in [6, 6.07) is 0.506. The summed E-state index contributed by atoms with van der Waals surface area (Å²) in [5.74, 6) is -2.56. The van der Waals surface area contributed by atoms with Gasteiger partial charge in [0.1, 0.15) is 5.70 Å². The van der Waals surface area contributed by atoms with Gasteiger partial charge in [-0.2, -0.15) is 26.3 Å². The molecule has 0 atom stereocenters. The number of methoxy groups -OCH3 is 1. The van der Waals surface area contributed by atoms with E-state index in [1.165, 1.54) is 0 Å². The number of benzene rings is 1. The van der Waals surface area contributed by atoms with Crippen LogP contribution in [0.5, 0.6) is 0 Å². The number of carbonyl (C=O) groups excluding carboxylic acids is 2. The number of amides is 1. The first-order valence-electron chi connectivity index (χ1n) is 5.75. The summed E-state index contributed by atoms with van der Waals surface area (Å²) in [6.45, 7) is 3.07. The molecule has 0 aromatic heterocycles. The van der Waals surface area contributed by atoms with Gasteiger partial charge in [0.2, 0.25) is 0 Å². The van der Waals surface area contributed by atoms with Crippen molar-refractivity contribution in [1.29, 1.82) is 0 Å². The second-order valence-corrected chi connectivity index (χ2v) is 4.18. The van der Waals surface area contributed by atoms with E-state index in [0.29, 0.717) is 12.1 Å². The lowest BCUT2D eigenvalue weighted by Gasteiger charge is -2.16. The number of esters is 1. The summed E-state index contributed by atoms with van der Waals surface area (Å²) >= 11 is 0. The molecule has 0 fully saturated rings. The van der Waals surface area contributed by atoms with Crippen LogP contribution < -0.4 is 5.32 Å². The fraction of sp³-hybridized carbons (Fsp3) is 0.231. The van der Waals surface area contributed by atoms with Gasteiger partial charge in [-0.25, -0.2) is 4.79 Å². The smallest absolute Gasteiger partial charge is 0.417 e. The first-order valence-corrected chi connectivity index (χ1v) is 5.75. The molecular weight excluding hydrogens is 332 g/mol. The van der Waals surface area contributed by atoms with E-state index in [1.807, 2.05) is 0 Å². The Kier molecular flexibility index (Phi) is 5.08. The zero-order valence-corrected chi connectivity index (χ0v) is 11.4. The van der Waals surface area contributed by atoms with Crippen molar-refractivity contribution in [3.05, 3.63) is 47.2 Å². The van der Waals surface area contributed by atoms with E-state index in [-0.39, 0.29) is 6.07 Å². The molecule has 23 heavy (non-hydrogen) atoms. The molecule has 0 saturated heterocycles. The Hall–Kier alpha value is -2.52. The Balaban J connectivity index is 3.28. The second kappa shape index (κ2) is 6.31. The molecule has 0 spiro atoms. The van der Waals surface area contributed by atoms with E-state index in [4.69, 9.17) is 0 Å². The summed E-state index contributed by atoms with van der Waals surface area (Å²) in [5, 5.41) is 1.73. The van der Waals surface area contributed by atoms with Gasteiger partial charge >= 0.3 is 18.3 Å². The normalized spacial score (nSPS) is 11.8. The molecule has 0 aliphatic rings. The summed E-state index contributed by atoms with van der Waals surface area (Å²) < 4.78 is 80.3. The molecule has 0 bridgehead atoms. The Morgan fingerprint density at radius 3 is 2.09 bits per heavy atom. The van der Waals surface area contributed by atoms with Crippen molar-refractivity contribution in [2.24, 2.45) is 0 Å². The monoisotopic (exact) mass is 341 g/mol. The predicted molar refractivity (Wildman–Crippen MR) is 65.1 cm³/mol. The number of halogens is 6. The molecule has 1 rings (SSSR count). The van der Waals surface area contributed by atoms with Crippen molar-refractivity contribution < 1.29 is 40.7 Å². The highest BCUT2D eigenvalue weighted by Crippen LogP contribution is 2.37. The Bertz CT molecular complexity index is 648. The van der Waals surface area contributed by atoms with Crippen molar-refractivity contribution in [2.75, 3.05) is 7.11 Å². The fourth-order valence-corrected chi connectivity index (χ4v) is 1.53. The molecule has 4 nitrogen and oxygen atoms in total. The van der Waals surface area contributed by atoms with Gasteiger partial charge in [-0.3, -0.25) is 4.79 Å². The highest BCUT2D eigenvalue weighted by atomic mass is 19.4. The topological polar surface area (TPSA) is 55.4 Å². The summed E-state index contributed by atoms with van der Waals surface area (Å²) in [7, 11) is 0.943. The van der Waals surface area contributed by atoms with E-state index in [9.17, 15) is 35.9 Å². The van der Waals surface area contributed by atoms with E-state index < -0.39 is 46.6 Å². The molecule has 0 unspecified atom stereocenters. The maximum atomic E-state index is 12.9. The molecule has 1 aromatic carbocycles. The number of ether oxygens (including phenoxy) is 1. The molecule has 126 valence electrons. The molecule has 0 heterocycles. The number of alkyl halides is 6.